The van der Waals surface area contributed by atoms with E-state index in [4.69, 9.17) is 0 Å². The molecule has 1 saturated heterocycles. The van der Waals surface area contributed by atoms with Crippen LogP contribution in [0.15, 0.2) is 54.6 Å². The number of nitrogens with one attached hydrogen (secondary N) is 1. The summed E-state index contributed by atoms with van der Waals surface area (Å²) in [6.45, 7) is 3.54. The summed E-state index contributed by atoms with van der Waals surface area (Å²) < 4.78 is 13.9. The summed E-state index contributed by atoms with van der Waals surface area (Å²) in [6, 6.07) is 15.3. The third-order valence-corrected chi connectivity index (χ3v) is 5.06. The number of benzene rings is 2. The summed E-state index contributed by atoms with van der Waals surface area (Å²) in [5.41, 5.74) is 0.930. The van der Waals surface area contributed by atoms with Crippen molar-refractivity contribution in [2.24, 2.45) is 0 Å². The molecule has 1 fully saturated rings. The van der Waals surface area contributed by atoms with E-state index in [2.05, 4.69) is 15.1 Å². The molecular formula is C22H27FN4O3. The minimum absolute atomic E-state index is 0.0180. The lowest BCUT2D eigenvalue weighted by Crippen LogP contribution is -2.51. The number of anilines is 2. The van der Waals surface area contributed by atoms with Crippen molar-refractivity contribution in [1.82, 2.24) is 9.80 Å². The number of carbonyl (C=O) groups excluding carboxylic acids is 2. The van der Waals surface area contributed by atoms with E-state index in [1.54, 1.807) is 12.1 Å². The molecule has 0 aliphatic carbocycles. The lowest BCUT2D eigenvalue weighted by Gasteiger charge is -2.35. The number of amides is 2. The molecule has 0 radical (unpaired) electrons. The van der Waals surface area contributed by atoms with E-state index in [0.29, 0.717) is 45.7 Å². The van der Waals surface area contributed by atoms with Crippen LogP contribution in [0.1, 0.15) is 0 Å². The van der Waals surface area contributed by atoms with Gasteiger partial charge in [-0.3, -0.25) is 19.4 Å². The van der Waals surface area contributed by atoms with Crippen LogP contribution in [-0.2, 0) is 9.59 Å². The zero-order valence-corrected chi connectivity index (χ0v) is 16.8. The van der Waals surface area contributed by atoms with Gasteiger partial charge in [0, 0.05) is 38.4 Å². The summed E-state index contributed by atoms with van der Waals surface area (Å²) in [7, 11) is 0. The highest BCUT2D eigenvalue weighted by atomic mass is 19.1. The molecule has 2 aromatic carbocycles. The van der Waals surface area contributed by atoms with Crippen molar-refractivity contribution < 1.29 is 19.1 Å². The third-order valence-electron chi connectivity index (χ3n) is 5.06. The van der Waals surface area contributed by atoms with Gasteiger partial charge in [0.25, 0.3) is 0 Å². The van der Waals surface area contributed by atoms with Crippen LogP contribution in [-0.4, -0.2) is 79.1 Å². The second-order valence-electron chi connectivity index (χ2n) is 7.35. The predicted octanol–water partition coefficient (Wildman–Crippen LogP) is 1.41. The highest BCUT2D eigenvalue weighted by Gasteiger charge is 2.22. The molecule has 0 saturated carbocycles. The summed E-state index contributed by atoms with van der Waals surface area (Å²) in [5, 5.41) is 13.3. The van der Waals surface area contributed by atoms with Gasteiger partial charge in [0.1, 0.15) is 5.82 Å². The zero-order valence-electron chi connectivity index (χ0n) is 16.8. The fourth-order valence-corrected chi connectivity index (χ4v) is 3.52. The molecule has 30 heavy (non-hydrogen) atoms. The maximum absolute atomic E-state index is 13.9. The van der Waals surface area contributed by atoms with Crippen LogP contribution >= 0.6 is 0 Å². The Labute approximate surface area is 175 Å². The van der Waals surface area contributed by atoms with Gasteiger partial charge in [-0.1, -0.05) is 30.3 Å². The van der Waals surface area contributed by atoms with Crippen LogP contribution in [0.3, 0.4) is 0 Å². The topological polar surface area (TPSA) is 76.1 Å². The summed E-state index contributed by atoms with van der Waals surface area (Å²) >= 11 is 0. The highest BCUT2D eigenvalue weighted by molar-refractivity contribution is 5.92. The Morgan fingerprint density at radius 2 is 1.70 bits per heavy atom. The van der Waals surface area contributed by atoms with E-state index >= 15 is 0 Å². The minimum atomic E-state index is -0.803. The maximum Gasteiger partial charge on any atom is 0.238 e. The van der Waals surface area contributed by atoms with E-state index in [1.165, 1.54) is 17.0 Å². The van der Waals surface area contributed by atoms with Crippen molar-refractivity contribution in [1.29, 1.82) is 0 Å². The van der Waals surface area contributed by atoms with Gasteiger partial charge >= 0.3 is 0 Å². The van der Waals surface area contributed by atoms with E-state index in [1.807, 2.05) is 30.3 Å². The Bertz CT molecular complexity index is 828. The standard InChI is InChI=1S/C22H27FN4O3/c23-20-8-4-5-9-21(20)27(17-28)15-19(29)14-25-10-12-26(13-11-25)16-22(30)24-18-6-2-1-3-7-18/h1-9,17,19,29H,10-16H2,(H,24,30). The Morgan fingerprint density at radius 3 is 2.37 bits per heavy atom. The van der Waals surface area contributed by atoms with Crippen LogP contribution in [0.25, 0.3) is 0 Å². The zero-order chi connectivity index (χ0) is 21.3. The number of para-hydroxylation sites is 2. The van der Waals surface area contributed by atoms with E-state index < -0.39 is 11.9 Å². The molecule has 1 aliphatic heterocycles. The van der Waals surface area contributed by atoms with Gasteiger partial charge in [0.15, 0.2) is 0 Å². The molecule has 7 nitrogen and oxygen atoms in total. The summed E-state index contributed by atoms with van der Waals surface area (Å²) in [5.74, 6) is -0.555. The molecule has 2 aromatic rings. The Kier molecular flexibility index (Phi) is 7.89. The molecular weight excluding hydrogens is 387 g/mol. The van der Waals surface area contributed by atoms with Crippen molar-refractivity contribution in [2.75, 3.05) is 56.0 Å². The van der Waals surface area contributed by atoms with Crippen LogP contribution in [0.4, 0.5) is 15.8 Å². The molecule has 1 unspecified atom stereocenters. The fourth-order valence-electron chi connectivity index (χ4n) is 3.52. The molecule has 160 valence electrons. The molecule has 2 N–H and O–H groups in total. The number of aliphatic hydroxyl groups is 1. The number of rotatable bonds is 9. The SMILES string of the molecule is O=CN(CC(O)CN1CCN(CC(=O)Nc2ccccc2)CC1)c1ccccc1F. The van der Waals surface area contributed by atoms with Crippen LogP contribution < -0.4 is 10.2 Å². The van der Waals surface area contributed by atoms with Crippen molar-refractivity contribution >= 4 is 23.7 Å². The first kappa shape index (κ1) is 21.9. The maximum atomic E-state index is 13.9. The number of β-amino-alcohol motifs (C(OH)–C–C–N with tert-alkyl or cyclic N) is 1. The summed E-state index contributed by atoms with van der Waals surface area (Å²) in [6.07, 6.45) is -0.270. The van der Waals surface area contributed by atoms with Crippen molar-refractivity contribution in [3.8, 4) is 0 Å². The number of hydrogen-bond donors (Lipinski definition) is 2. The largest absolute Gasteiger partial charge is 0.390 e. The van der Waals surface area contributed by atoms with E-state index in [-0.39, 0.29) is 18.1 Å². The summed E-state index contributed by atoms with van der Waals surface area (Å²) in [4.78, 5) is 28.9. The van der Waals surface area contributed by atoms with Crippen molar-refractivity contribution in [2.45, 2.75) is 6.10 Å². The Balaban J connectivity index is 1.41. The lowest BCUT2D eigenvalue weighted by atomic mass is 10.2. The number of nitrogens with zero attached hydrogens (tertiary/aromatic N) is 3. The average molecular weight is 414 g/mol. The molecule has 3 rings (SSSR count). The van der Waals surface area contributed by atoms with E-state index in [9.17, 15) is 19.1 Å². The monoisotopic (exact) mass is 414 g/mol. The first-order valence-corrected chi connectivity index (χ1v) is 9.99. The van der Waals surface area contributed by atoms with Gasteiger partial charge in [0.2, 0.25) is 12.3 Å². The quantitative estimate of drug-likeness (QED) is 0.607. The average Bonchev–Trinajstić information content (AvgIpc) is 2.75. The molecule has 1 heterocycles. The van der Waals surface area contributed by atoms with Gasteiger partial charge in [-0.25, -0.2) is 4.39 Å². The molecule has 1 atom stereocenters. The number of aliphatic hydroxyl groups excluding tert-OH is 1. The van der Waals surface area contributed by atoms with Gasteiger partial charge in [-0.05, 0) is 24.3 Å². The van der Waals surface area contributed by atoms with Gasteiger partial charge < -0.3 is 15.3 Å². The number of hydrogen-bond acceptors (Lipinski definition) is 5. The van der Waals surface area contributed by atoms with Crippen LogP contribution in [0.2, 0.25) is 0 Å². The molecule has 2 amide bonds. The van der Waals surface area contributed by atoms with Crippen molar-refractivity contribution in [3.05, 3.63) is 60.4 Å². The first-order valence-electron chi connectivity index (χ1n) is 9.99. The predicted molar refractivity (Wildman–Crippen MR) is 114 cm³/mol. The lowest BCUT2D eigenvalue weighted by molar-refractivity contribution is -0.117. The smallest absolute Gasteiger partial charge is 0.238 e. The van der Waals surface area contributed by atoms with E-state index in [0.717, 1.165) is 5.69 Å². The molecule has 0 bridgehead atoms. The second kappa shape index (κ2) is 10.8. The number of carbonyl (C=O) groups is 2. The third kappa shape index (κ3) is 6.35. The number of piperazine rings is 1. The normalized spacial score (nSPS) is 16.1. The van der Waals surface area contributed by atoms with Crippen LogP contribution in [0.5, 0.6) is 0 Å². The fraction of sp³-hybridized carbons (Fsp3) is 0.364. The van der Waals surface area contributed by atoms with Crippen molar-refractivity contribution in [3.63, 3.8) is 0 Å². The first-order chi connectivity index (χ1) is 14.5. The van der Waals surface area contributed by atoms with Crippen LogP contribution in [0, 0.1) is 5.82 Å². The van der Waals surface area contributed by atoms with Gasteiger partial charge in [-0.15, -0.1) is 0 Å². The molecule has 8 heteroatoms. The Hall–Kier alpha value is -2.81. The minimum Gasteiger partial charge on any atom is -0.390 e. The highest BCUT2D eigenvalue weighted by Crippen LogP contribution is 2.17. The van der Waals surface area contributed by atoms with Gasteiger partial charge in [0.05, 0.1) is 24.9 Å². The molecule has 0 spiro atoms. The second-order valence-corrected chi connectivity index (χ2v) is 7.35. The Morgan fingerprint density at radius 1 is 1.07 bits per heavy atom. The van der Waals surface area contributed by atoms with Gasteiger partial charge in [-0.2, -0.15) is 0 Å². The molecule has 1 aliphatic rings. The molecule has 0 aromatic heterocycles. The number of halogens is 1.